The van der Waals surface area contributed by atoms with Crippen LogP contribution in [-0.4, -0.2) is 34.7 Å². The van der Waals surface area contributed by atoms with Gasteiger partial charge in [-0.25, -0.2) is 0 Å². The first-order valence-corrected chi connectivity index (χ1v) is 9.56. The van der Waals surface area contributed by atoms with Crippen molar-refractivity contribution in [2.45, 2.75) is 57.7 Å². The van der Waals surface area contributed by atoms with E-state index < -0.39 is 0 Å². The summed E-state index contributed by atoms with van der Waals surface area (Å²) in [4.78, 5) is 28.2. The molecule has 0 radical (unpaired) electrons. The predicted molar refractivity (Wildman–Crippen MR) is 104 cm³/mol. The van der Waals surface area contributed by atoms with Gasteiger partial charge in [-0.1, -0.05) is 19.3 Å². The Labute approximate surface area is 157 Å². The fraction of sp³-hybridized carbons (Fsp3) is 0.526. The quantitative estimate of drug-likeness (QED) is 0.636. The highest BCUT2D eigenvalue weighted by Crippen LogP contribution is 2.21. The molecule has 0 aliphatic heterocycles. The molecule has 2 aromatic rings. The number of ether oxygens (including phenoxy) is 1. The summed E-state index contributed by atoms with van der Waals surface area (Å²) >= 11 is 5.24. The van der Waals surface area contributed by atoms with Crippen molar-refractivity contribution in [3.8, 4) is 0 Å². The number of benzene rings is 1. The highest BCUT2D eigenvalue weighted by Gasteiger charge is 2.25. The molecule has 1 aliphatic rings. The molecule has 0 spiro atoms. The van der Waals surface area contributed by atoms with Crippen molar-refractivity contribution in [2.24, 2.45) is 0 Å². The van der Waals surface area contributed by atoms with E-state index in [4.69, 9.17) is 17.0 Å². The summed E-state index contributed by atoms with van der Waals surface area (Å²) < 4.78 is 7.44. The molecule has 1 amide bonds. The fourth-order valence-corrected chi connectivity index (χ4v) is 3.98. The first-order chi connectivity index (χ1) is 12.5. The maximum Gasteiger partial charge on any atom is 0.262 e. The topological polar surface area (TPSA) is 76.1 Å². The molecule has 1 aromatic heterocycles. The van der Waals surface area contributed by atoms with Gasteiger partial charge in [-0.05, 0) is 50.2 Å². The summed E-state index contributed by atoms with van der Waals surface area (Å²) in [6, 6.07) is 5.08. The van der Waals surface area contributed by atoms with E-state index in [1.54, 1.807) is 25.3 Å². The van der Waals surface area contributed by atoms with Crippen LogP contribution in [0.4, 0.5) is 0 Å². The van der Waals surface area contributed by atoms with E-state index in [0.29, 0.717) is 27.8 Å². The fourth-order valence-electron chi connectivity index (χ4n) is 3.66. The number of carbonyl (C=O) groups excluding carboxylic acids is 1. The summed E-state index contributed by atoms with van der Waals surface area (Å²) in [6.07, 6.45) is 5.31. The Balaban J connectivity index is 1.89. The SMILES string of the molecule is CCn1c(=S)[nH]c2cc(C(=O)N[C@@H]3CCCCC[C@@H]3OC)ccc2c1=O. The maximum absolute atomic E-state index is 12.7. The second kappa shape index (κ2) is 8.14. The number of rotatable bonds is 4. The van der Waals surface area contributed by atoms with E-state index in [9.17, 15) is 9.59 Å². The van der Waals surface area contributed by atoms with E-state index >= 15 is 0 Å². The van der Waals surface area contributed by atoms with Crippen molar-refractivity contribution in [3.05, 3.63) is 38.9 Å². The van der Waals surface area contributed by atoms with Crippen LogP contribution in [0.3, 0.4) is 0 Å². The molecule has 2 N–H and O–H groups in total. The van der Waals surface area contributed by atoms with Gasteiger partial charge >= 0.3 is 0 Å². The number of methoxy groups -OCH3 is 1. The molecule has 6 nitrogen and oxygen atoms in total. The highest BCUT2D eigenvalue weighted by atomic mass is 32.1. The van der Waals surface area contributed by atoms with Crippen molar-refractivity contribution in [2.75, 3.05) is 7.11 Å². The smallest absolute Gasteiger partial charge is 0.262 e. The first kappa shape index (κ1) is 18.8. The minimum Gasteiger partial charge on any atom is -0.379 e. The van der Waals surface area contributed by atoms with Crippen LogP contribution >= 0.6 is 12.2 Å². The van der Waals surface area contributed by atoms with Crippen LogP contribution in [-0.2, 0) is 11.3 Å². The molecule has 26 heavy (non-hydrogen) atoms. The van der Waals surface area contributed by atoms with Crippen molar-refractivity contribution in [1.82, 2.24) is 14.9 Å². The van der Waals surface area contributed by atoms with Gasteiger partial charge in [0.2, 0.25) is 0 Å². The van der Waals surface area contributed by atoms with Gasteiger partial charge < -0.3 is 15.0 Å². The molecule has 0 bridgehead atoms. The Morgan fingerprint density at radius 2 is 2.12 bits per heavy atom. The Bertz CT molecular complexity index is 918. The molecule has 0 unspecified atom stereocenters. The van der Waals surface area contributed by atoms with Gasteiger partial charge in [0.1, 0.15) is 0 Å². The van der Waals surface area contributed by atoms with E-state index in [0.717, 1.165) is 25.7 Å². The minimum absolute atomic E-state index is 0.0114. The number of fused-ring (bicyclic) bond motifs is 1. The largest absolute Gasteiger partial charge is 0.379 e. The highest BCUT2D eigenvalue weighted by molar-refractivity contribution is 7.71. The molecule has 7 heteroatoms. The lowest BCUT2D eigenvalue weighted by atomic mass is 10.0. The Hall–Kier alpha value is -1.99. The van der Waals surface area contributed by atoms with Gasteiger partial charge in [0.05, 0.1) is 23.0 Å². The second-order valence-corrected chi connectivity index (χ2v) is 7.12. The summed E-state index contributed by atoms with van der Waals surface area (Å²) in [6.45, 7) is 2.38. The zero-order chi connectivity index (χ0) is 18.7. The van der Waals surface area contributed by atoms with E-state index in [2.05, 4.69) is 10.3 Å². The third-order valence-corrected chi connectivity index (χ3v) is 5.45. The number of carbonyl (C=O) groups is 1. The molecule has 1 saturated carbocycles. The van der Waals surface area contributed by atoms with Crippen LogP contribution < -0.4 is 10.9 Å². The van der Waals surface area contributed by atoms with Crippen molar-refractivity contribution in [3.63, 3.8) is 0 Å². The summed E-state index contributed by atoms with van der Waals surface area (Å²) in [7, 11) is 1.70. The van der Waals surface area contributed by atoms with Crippen LogP contribution in [0.5, 0.6) is 0 Å². The Kier molecular flexibility index (Phi) is 5.88. The average molecular weight is 375 g/mol. The zero-order valence-corrected chi connectivity index (χ0v) is 16.0. The molecular weight excluding hydrogens is 350 g/mol. The van der Waals surface area contributed by atoms with Gasteiger partial charge in [-0.2, -0.15) is 0 Å². The van der Waals surface area contributed by atoms with Gasteiger partial charge in [0.15, 0.2) is 4.77 Å². The number of hydrogen-bond donors (Lipinski definition) is 2. The Morgan fingerprint density at radius 3 is 2.85 bits per heavy atom. The molecule has 1 aromatic carbocycles. The van der Waals surface area contributed by atoms with Crippen LogP contribution in [0.1, 0.15) is 49.4 Å². The number of H-pyrrole nitrogens is 1. The lowest BCUT2D eigenvalue weighted by Crippen LogP contribution is -2.43. The first-order valence-electron chi connectivity index (χ1n) is 9.15. The molecule has 1 fully saturated rings. The van der Waals surface area contributed by atoms with Crippen LogP contribution in [0.15, 0.2) is 23.0 Å². The third kappa shape index (κ3) is 3.73. The lowest BCUT2D eigenvalue weighted by molar-refractivity contribution is 0.0568. The summed E-state index contributed by atoms with van der Waals surface area (Å²) in [5.41, 5.74) is 0.957. The van der Waals surface area contributed by atoms with Crippen molar-refractivity contribution >= 4 is 29.0 Å². The zero-order valence-electron chi connectivity index (χ0n) is 15.2. The molecule has 0 saturated heterocycles. The number of amides is 1. The van der Waals surface area contributed by atoms with Crippen molar-refractivity contribution < 1.29 is 9.53 Å². The number of nitrogens with zero attached hydrogens (tertiary/aromatic N) is 1. The standard InChI is InChI=1S/C19H25N3O3S/c1-3-22-18(24)13-10-9-12(11-15(13)21-19(22)26)17(23)20-14-7-5-4-6-8-16(14)25-2/h9-11,14,16H,3-8H2,1-2H3,(H,20,23)(H,21,26)/t14-,16+/m1/s1. The molecule has 1 aliphatic carbocycles. The van der Waals surface area contributed by atoms with Crippen LogP contribution in [0.2, 0.25) is 0 Å². The summed E-state index contributed by atoms with van der Waals surface area (Å²) in [5, 5.41) is 3.63. The monoisotopic (exact) mass is 375 g/mol. The number of aromatic nitrogens is 2. The van der Waals surface area contributed by atoms with E-state index in [-0.39, 0.29) is 23.6 Å². The maximum atomic E-state index is 12.7. The number of aromatic amines is 1. The molecular formula is C19H25N3O3S. The van der Waals surface area contributed by atoms with Gasteiger partial charge in [-0.3, -0.25) is 14.2 Å². The minimum atomic E-state index is -0.153. The lowest BCUT2D eigenvalue weighted by Gasteiger charge is -2.25. The average Bonchev–Trinajstić information content (AvgIpc) is 2.86. The summed E-state index contributed by atoms with van der Waals surface area (Å²) in [5.74, 6) is -0.153. The van der Waals surface area contributed by atoms with E-state index in [1.165, 1.54) is 11.0 Å². The molecule has 1 heterocycles. The molecule has 3 rings (SSSR count). The molecule has 140 valence electrons. The number of nitrogens with one attached hydrogen (secondary N) is 2. The predicted octanol–water partition coefficient (Wildman–Crippen LogP) is 3.16. The third-order valence-electron chi connectivity index (χ3n) is 5.13. The van der Waals surface area contributed by atoms with Gasteiger partial charge in [-0.15, -0.1) is 0 Å². The normalized spacial score (nSPS) is 20.7. The van der Waals surface area contributed by atoms with Crippen LogP contribution in [0.25, 0.3) is 10.9 Å². The van der Waals surface area contributed by atoms with Gasteiger partial charge in [0, 0.05) is 19.2 Å². The van der Waals surface area contributed by atoms with Crippen LogP contribution in [0, 0.1) is 4.77 Å². The van der Waals surface area contributed by atoms with Crippen molar-refractivity contribution in [1.29, 1.82) is 0 Å². The number of hydrogen-bond acceptors (Lipinski definition) is 4. The molecule has 2 atom stereocenters. The Morgan fingerprint density at radius 1 is 1.35 bits per heavy atom. The van der Waals surface area contributed by atoms with Gasteiger partial charge in [0.25, 0.3) is 11.5 Å². The second-order valence-electron chi connectivity index (χ2n) is 6.73. The van der Waals surface area contributed by atoms with E-state index in [1.807, 2.05) is 6.92 Å².